The van der Waals surface area contributed by atoms with Gasteiger partial charge in [-0.1, -0.05) is 31.6 Å². The van der Waals surface area contributed by atoms with Gasteiger partial charge in [-0.2, -0.15) is 0 Å². The van der Waals surface area contributed by atoms with Crippen LogP contribution in [0.4, 0.5) is 11.4 Å². The van der Waals surface area contributed by atoms with Crippen LogP contribution in [0.1, 0.15) is 52.4 Å². The van der Waals surface area contributed by atoms with Gasteiger partial charge in [-0.15, -0.1) is 18.3 Å². The molecule has 5 atom stereocenters. The molecule has 1 aromatic carbocycles. The van der Waals surface area contributed by atoms with Gasteiger partial charge in [-0.05, 0) is 63.8 Å². The maximum Gasteiger partial charge on any atom is 0.311 e. The van der Waals surface area contributed by atoms with Crippen molar-refractivity contribution in [2.45, 2.75) is 68.4 Å². The van der Waals surface area contributed by atoms with Crippen molar-refractivity contribution in [3.63, 3.8) is 0 Å². The molecule has 1 spiro atoms. The first-order valence-corrected chi connectivity index (χ1v) is 15.9. The number of aliphatic hydroxyl groups is 1. The van der Waals surface area contributed by atoms with Crippen molar-refractivity contribution in [2.75, 3.05) is 49.2 Å². The SMILES string of the molecule is C=CCOC(=O)[C@@H]1[C@H]2C(=O)N(CCCCCCO)C(C(=O)N(CC=C)c3ccc(N(CC)CC)cc3)C23CC[C@H]1S3. The summed E-state index contributed by atoms with van der Waals surface area (Å²) in [6.45, 7) is 14.6. The first kappa shape index (κ1) is 31.2. The summed E-state index contributed by atoms with van der Waals surface area (Å²) in [5.41, 5.74) is 1.86. The van der Waals surface area contributed by atoms with E-state index in [0.717, 1.165) is 50.1 Å². The van der Waals surface area contributed by atoms with Crippen LogP contribution in [0, 0.1) is 11.8 Å². The molecule has 0 saturated carbocycles. The van der Waals surface area contributed by atoms with E-state index in [0.29, 0.717) is 25.9 Å². The summed E-state index contributed by atoms with van der Waals surface area (Å²) < 4.78 is 4.80. The average Bonchev–Trinajstić information content (AvgIpc) is 3.62. The molecule has 3 heterocycles. The van der Waals surface area contributed by atoms with Crippen molar-refractivity contribution < 1.29 is 24.2 Å². The molecular weight excluding hydrogens is 538 g/mol. The van der Waals surface area contributed by atoms with Crippen molar-refractivity contribution in [2.24, 2.45) is 11.8 Å². The van der Waals surface area contributed by atoms with E-state index in [1.54, 1.807) is 27.6 Å². The number of ether oxygens (including phenoxy) is 1. The largest absolute Gasteiger partial charge is 0.461 e. The van der Waals surface area contributed by atoms with Crippen molar-refractivity contribution in [1.82, 2.24) is 4.90 Å². The van der Waals surface area contributed by atoms with E-state index < -0.39 is 22.6 Å². The van der Waals surface area contributed by atoms with Gasteiger partial charge in [0, 0.05) is 49.4 Å². The Balaban J connectivity index is 1.68. The number of carbonyl (C=O) groups excluding carboxylic acids is 3. The molecule has 3 saturated heterocycles. The number of unbranched alkanes of at least 4 members (excludes halogenated alkanes) is 3. The number of hydrogen-bond donors (Lipinski definition) is 1. The summed E-state index contributed by atoms with van der Waals surface area (Å²) in [5, 5.41) is 9.14. The smallest absolute Gasteiger partial charge is 0.311 e. The molecule has 8 nitrogen and oxygen atoms in total. The van der Waals surface area contributed by atoms with Crippen molar-refractivity contribution in [3.8, 4) is 0 Å². The Labute approximate surface area is 248 Å². The highest BCUT2D eigenvalue weighted by molar-refractivity contribution is 8.02. The Morgan fingerprint density at radius 2 is 1.78 bits per heavy atom. The van der Waals surface area contributed by atoms with Gasteiger partial charge in [0.1, 0.15) is 12.6 Å². The molecule has 4 rings (SSSR count). The fourth-order valence-electron chi connectivity index (χ4n) is 6.96. The third-order valence-corrected chi connectivity index (χ3v) is 10.8. The highest BCUT2D eigenvalue weighted by Gasteiger charge is 2.74. The van der Waals surface area contributed by atoms with Crippen LogP contribution in [0.2, 0.25) is 0 Å². The van der Waals surface area contributed by atoms with Crippen molar-refractivity contribution in [1.29, 1.82) is 0 Å². The van der Waals surface area contributed by atoms with Crippen molar-refractivity contribution in [3.05, 3.63) is 49.6 Å². The number of fused-ring (bicyclic) bond motifs is 1. The molecule has 1 N–H and O–H groups in total. The maximum absolute atomic E-state index is 14.6. The van der Waals surface area contributed by atoms with Crippen LogP contribution in [0.15, 0.2) is 49.6 Å². The molecule has 3 fully saturated rings. The van der Waals surface area contributed by atoms with Crippen LogP contribution in [0.3, 0.4) is 0 Å². The summed E-state index contributed by atoms with van der Waals surface area (Å²) in [7, 11) is 0. The predicted molar refractivity (Wildman–Crippen MR) is 165 cm³/mol. The fraction of sp³-hybridized carbons (Fsp3) is 0.594. The van der Waals surface area contributed by atoms with E-state index in [1.807, 2.05) is 24.3 Å². The number of nitrogens with zero attached hydrogens (tertiary/aromatic N) is 3. The van der Waals surface area contributed by atoms with Crippen LogP contribution in [-0.4, -0.2) is 83.2 Å². The van der Waals surface area contributed by atoms with E-state index in [9.17, 15) is 19.5 Å². The Kier molecular flexibility index (Phi) is 10.6. The van der Waals surface area contributed by atoms with E-state index in [4.69, 9.17) is 4.74 Å². The molecule has 0 radical (unpaired) electrons. The average molecular weight is 584 g/mol. The molecule has 2 amide bonds. The molecule has 3 aliphatic rings. The number of benzene rings is 1. The fourth-order valence-corrected chi connectivity index (χ4v) is 9.16. The Hall–Kier alpha value is -2.78. The zero-order chi connectivity index (χ0) is 29.6. The highest BCUT2D eigenvalue weighted by Crippen LogP contribution is 2.66. The lowest BCUT2D eigenvalue weighted by Gasteiger charge is -2.37. The first-order valence-electron chi connectivity index (χ1n) is 15.0. The minimum Gasteiger partial charge on any atom is -0.461 e. The number of anilines is 2. The van der Waals surface area contributed by atoms with Gasteiger partial charge in [-0.3, -0.25) is 14.4 Å². The van der Waals surface area contributed by atoms with E-state index in [1.165, 1.54) is 6.08 Å². The normalized spacial score (nSPS) is 26.1. The summed E-state index contributed by atoms with van der Waals surface area (Å²) in [5.74, 6) is -1.74. The lowest BCUT2D eigenvalue weighted by Crippen LogP contribution is -2.55. The Bertz CT molecular complexity index is 1110. The van der Waals surface area contributed by atoms with E-state index in [-0.39, 0.29) is 36.2 Å². The predicted octanol–water partition coefficient (Wildman–Crippen LogP) is 4.42. The first-order chi connectivity index (χ1) is 19.9. The highest BCUT2D eigenvalue weighted by atomic mass is 32.2. The van der Waals surface area contributed by atoms with Crippen LogP contribution in [0.25, 0.3) is 0 Å². The molecule has 224 valence electrons. The quantitative estimate of drug-likeness (QED) is 0.175. The number of likely N-dealkylation sites (tertiary alicyclic amines) is 1. The minimum atomic E-state index is -0.674. The number of amides is 2. The van der Waals surface area contributed by atoms with E-state index in [2.05, 4.69) is 31.9 Å². The molecule has 2 bridgehead atoms. The second kappa shape index (κ2) is 13.9. The van der Waals surface area contributed by atoms with Gasteiger partial charge in [-0.25, -0.2) is 0 Å². The monoisotopic (exact) mass is 583 g/mol. The van der Waals surface area contributed by atoms with Crippen LogP contribution < -0.4 is 9.80 Å². The molecule has 0 aromatic heterocycles. The zero-order valence-electron chi connectivity index (χ0n) is 24.5. The lowest BCUT2D eigenvalue weighted by atomic mass is 9.71. The minimum absolute atomic E-state index is 0.0375. The summed E-state index contributed by atoms with van der Waals surface area (Å²) in [6, 6.07) is 7.33. The number of carbonyl (C=O) groups is 3. The second-order valence-electron chi connectivity index (χ2n) is 11.1. The van der Waals surface area contributed by atoms with E-state index >= 15 is 0 Å². The third-order valence-electron chi connectivity index (χ3n) is 8.82. The summed E-state index contributed by atoms with van der Waals surface area (Å²) >= 11 is 1.65. The standard InChI is InChI=1S/C32H45N3O5S/c1-5-19-34(24-15-13-23(14-16-24)33(7-3)8-4)30(38)28-32-18-17-25(41-32)26(31(39)40-22-6-2)27(32)29(37)35(28)20-11-9-10-12-21-36/h5-6,13-16,25-28,36H,1-2,7-12,17-22H2,3-4H3/t25-,26+,27+,28?,32?/m1/s1. The molecular formula is C32H45N3O5S. The summed E-state index contributed by atoms with van der Waals surface area (Å²) in [6.07, 6.45) is 7.91. The Morgan fingerprint density at radius 1 is 1.10 bits per heavy atom. The van der Waals surface area contributed by atoms with Crippen LogP contribution in [-0.2, 0) is 19.1 Å². The van der Waals surface area contributed by atoms with Gasteiger partial charge in [0.2, 0.25) is 5.91 Å². The number of esters is 1. The van der Waals surface area contributed by atoms with Gasteiger partial charge in [0.25, 0.3) is 5.91 Å². The van der Waals surface area contributed by atoms with Crippen molar-refractivity contribution >= 4 is 40.9 Å². The second-order valence-corrected chi connectivity index (χ2v) is 12.7. The topological polar surface area (TPSA) is 90.4 Å². The van der Waals surface area contributed by atoms with Gasteiger partial charge in [0.05, 0.1) is 16.6 Å². The van der Waals surface area contributed by atoms with Gasteiger partial charge < -0.3 is 24.5 Å². The zero-order valence-corrected chi connectivity index (χ0v) is 25.3. The number of hydrogen-bond acceptors (Lipinski definition) is 7. The maximum atomic E-state index is 14.6. The number of thioether (sulfide) groups is 1. The third kappa shape index (κ3) is 5.93. The Morgan fingerprint density at radius 3 is 2.41 bits per heavy atom. The van der Waals surface area contributed by atoms with Gasteiger partial charge >= 0.3 is 5.97 Å². The molecule has 1 aromatic rings. The van der Waals surface area contributed by atoms with Crippen LogP contribution in [0.5, 0.6) is 0 Å². The van der Waals surface area contributed by atoms with Crippen LogP contribution >= 0.6 is 11.8 Å². The molecule has 41 heavy (non-hydrogen) atoms. The number of aliphatic hydroxyl groups excluding tert-OH is 1. The van der Waals surface area contributed by atoms with Gasteiger partial charge in [0.15, 0.2) is 0 Å². The molecule has 0 aliphatic carbocycles. The summed E-state index contributed by atoms with van der Waals surface area (Å²) in [4.78, 5) is 47.7. The lowest BCUT2D eigenvalue weighted by molar-refractivity contribution is -0.153. The molecule has 2 unspecified atom stereocenters. The number of rotatable bonds is 16. The molecule has 9 heteroatoms. The molecule has 3 aliphatic heterocycles.